The summed E-state index contributed by atoms with van der Waals surface area (Å²) < 4.78 is 0. The summed E-state index contributed by atoms with van der Waals surface area (Å²) in [5, 5.41) is 5.84. The minimum atomic E-state index is -0.0930. The van der Waals surface area contributed by atoms with E-state index in [2.05, 4.69) is 29.6 Å². The number of hydrogen-bond donors (Lipinski definition) is 1. The first-order chi connectivity index (χ1) is 11.9. The summed E-state index contributed by atoms with van der Waals surface area (Å²) in [6.07, 6.45) is 0. The zero-order chi connectivity index (χ0) is 18.0. The second-order valence-electron chi connectivity index (χ2n) is 6.37. The van der Waals surface area contributed by atoms with E-state index in [9.17, 15) is 4.79 Å². The summed E-state index contributed by atoms with van der Waals surface area (Å²) in [5.41, 5.74) is 3.73. The third kappa shape index (κ3) is 3.94. The summed E-state index contributed by atoms with van der Waals surface area (Å²) in [7, 11) is 1.91. The second-order valence-corrected chi connectivity index (χ2v) is 6.78. The van der Waals surface area contributed by atoms with Crippen molar-refractivity contribution < 1.29 is 4.79 Å². The smallest absolute Gasteiger partial charge is 0.243 e. The van der Waals surface area contributed by atoms with E-state index >= 15 is 0 Å². The molecule has 0 saturated carbocycles. The van der Waals surface area contributed by atoms with Gasteiger partial charge < -0.3 is 10.2 Å². The van der Waals surface area contributed by atoms with Crippen molar-refractivity contribution in [2.75, 3.05) is 23.8 Å². The van der Waals surface area contributed by atoms with Gasteiger partial charge in [0.15, 0.2) is 0 Å². The molecule has 128 valence electrons. The molecule has 0 atom stereocenters. The van der Waals surface area contributed by atoms with Crippen LogP contribution in [0.2, 0.25) is 5.02 Å². The highest BCUT2D eigenvalue weighted by Gasteiger charge is 2.12. The van der Waals surface area contributed by atoms with Crippen LogP contribution < -0.4 is 10.2 Å². The van der Waals surface area contributed by atoms with Crippen LogP contribution in [0, 0.1) is 13.8 Å². The lowest BCUT2D eigenvalue weighted by Gasteiger charge is -2.20. The molecule has 0 fully saturated rings. The molecule has 0 aromatic heterocycles. The van der Waals surface area contributed by atoms with Gasteiger partial charge in [0.1, 0.15) is 0 Å². The number of nitrogens with zero attached hydrogens (tertiary/aromatic N) is 1. The molecule has 0 aliphatic carbocycles. The van der Waals surface area contributed by atoms with Crippen molar-refractivity contribution in [1.29, 1.82) is 0 Å². The van der Waals surface area contributed by atoms with Crippen LogP contribution in [-0.2, 0) is 4.79 Å². The van der Waals surface area contributed by atoms with Crippen LogP contribution in [0.15, 0.2) is 54.6 Å². The number of carbonyl (C=O) groups excluding carboxylic acids is 1. The van der Waals surface area contributed by atoms with Crippen molar-refractivity contribution >= 4 is 39.7 Å². The zero-order valence-corrected chi connectivity index (χ0v) is 15.4. The number of hydrogen-bond acceptors (Lipinski definition) is 2. The van der Waals surface area contributed by atoms with Crippen molar-refractivity contribution in [2.24, 2.45) is 0 Å². The molecule has 0 radical (unpaired) electrons. The van der Waals surface area contributed by atoms with Gasteiger partial charge in [-0.05, 0) is 53.9 Å². The average Bonchev–Trinajstić information content (AvgIpc) is 2.57. The van der Waals surface area contributed by atoms with Crippen LogP contribution in [-0.4, -0.2) is 19.5 Å². The van der Waals surface area contributed by atoms with E-state index in [1.807, 2.05) is 56.1 Å². The number of amides is 1. The summed E-state index contributed by atoms with van der Waals surface area (Å²) in [6.45, 7) is 4.18. The molecule has 3 aromatic carbocycles. The fourth-order valence-corrected chi connectivity index (χ4v) is 3.34. The molecule has 0 bridgehead atoms. The molecule has 3 rings (SSSR count). The minimum absolute atomic E-state index is 0.0930. The van der Waals surface area contributed by atoms with E-state index in [1.165, 1.54) is 5.39 Å². The van der Waals surface area contributed by atoms with Crippen molar-refractivity contribution in [3.63, 3.8) is 0 Å². The number of aryl methyl sites for hydroxylation is 2. The van der Waals surface area contributed by atoms with Crippen LogP contribution in [0.1, 0.15) is 11.1 Å². The van der Waals surface area contributed by atoms with Gasteiger partial charge in [-0.25, -0.2) is 0 Å². The van der Waals surface area contributed by atoms with E-state index in [0.717, 1.165) is 22.2 Å². The maximum Gasteiger partial charge on any atom is 0.243 e. The Bertz CT molecular complexity index is 913. The van der Waals surface area contributed by atoms with E-state index < -0.39 is 0 Å². The van der Waals surface area contributed by atoms with Crippen LogP contribution >= 0.6 is 11.6 Å². The molecule has 0 spiro atoms. The van der Waals surface area contributed by atoms with Gasteiger partial charge in [-0.1, -0.05) is 48.0 Å². The zero-order valence-electron chi connectivity index (χ0n) is 14.6. The lowest BCUT2D eigenvalue weighted by molar-refractivity contribution is -0.114. The van der Waals surface area contributed by atoms with E-state index in [-0.39, 0.29) is 12.5 Å². The highest BCUT2D eigenvalue weighted by Crippen LogP contribution is 2.27. The normalized spacial score (nSPS) is 10.7. The summed E-state index contributed by atoms with van der Waals surface area (Å²) in [5.74, 6) is -0.0930. The van der Waals surface area contributed by atoms with Gasteiger partial charge in [0, 0.05) is 12.7 Å². The fraction of sp³-hybridized carbons (Fsp3) is 0.190. The van der Waals surface area contributed by atoms with Crippen LogP contribution in [0.25, 0.3) is 10.8 Å². The van der Waals surface area contributed by atoms with Gasteiger partial charge in [0.2, 0.25) is 5.91 Å². The molecule has 0 unspecified atom stereocenters. The first kappa shape index (κ1) is 17.3. The molecule has 0 saturated heterocycles. The minimum Gasteiger partial charge on any atom is -0.365 e. The van der Waals surface area contributed by atoms with Gasteiger partial charge in [-0.3, -0.25) is 4.79 Å². The van der Waals surface area contributed by atoms with Crippen LogP contribution in [0.5, 0.6) is 0 Å². The Labute approximate surface area is 153 Å². The summed E-state index contributed by atoms with van der Waals surface area (Å²) in [4.78, 5) is 14.4. The highest BCUT2D eigenvalue weighted by atomic mass is 35.5. The Morgan fingerprint density at radius 1 is 1.04 bits per heavy atom. The van der Waals surface area contributed by atoms with Crippen molar-refractivity contribution in [1.82, 2.24) is 0 Å². The molecule has 1 amide bonds. The Morgan fingerprint density at radius 3 is 2.48 bits per heavy atom. The van der Waals surface area contributed by atoms with Crippen molar-refractivity contribution in [3.8, 4) is 0 Å². The van der Waals surface area contributed by atoms with Crippen LogP contribution in [0.3, 0.4) is 0 Å². The Balaban J connectivity index is 1.73. The molecule has 3 aromatic rings. The van der Waals surface area contributed by atoms with Crippen molar-refractivity contribution in [3.05, 3.63) is 70.7 Å². The molecule has 4 heteroatoms. The Hall–Kier alpha value is -2.52. The van der Waals surface area contributed by atoms with Gasteiger partial charge in [-0.2, -0.15) is 0 Å². The second kappa shape index (κ2) is 7.16. The topological polar surface area (TPSA) is 32.3 Å². The molecule has 0 aliphatic rings. The number of halogens is 1. The van der Waals surface area contributed by atoms with E-state index in [0.29, 0.717) is 10.7 Å². The number of fused-ring (bicyclic) bond motifs is 1. The molecule has 0 aliphatic heterocycles. The standard InChI is InChI=1S/C21H21ClN2O/c1-14-10-15(2)21(19(22)11-14)23-20(25)13-24(3)18-9-8-16-6-4-5-7-17(16)12-18/h4-12H,13H2,1-3H3,(H,23,25). The average molecular weight is 353 g/mol. The third-order valence-electron chi connectivity index (χ3n) is 4.25. The molecule has 3 nitrogen and oxygen atoms in total. The van der Waals surface area contributed by atoms with Gasteiger partial charge in [0.05, 0.1) is 17.3 Å². The molecular weight excluding hydrogens is 332 g/mol. The SMILES string of the molecule is Cc1cc(C)c(NC(=O)CN(C)c2ccc3ccccc3c2)c(Cl)c1. The molecule has 0 heterocycles. The predicted molar refractivity (Wildman–Crippen MR) is 107 cm³/mol. The Morgan fingerprint density at radius 2 is 1.76 bits per heavy atom. The third-order valence-corrected chi connectivity index (χ3v) is 4.55. The predicted octanol–water partition coefficient (Wildman–Crippen LogP) is 5.18. The number of rotatable bonds is 4. The Kier molecular flexibility index (Phi) is 4.95. The first-order valence-electron chi connectivity index (χ1n) is 8.20. The molecule has 1 N–H and O–H groups in total. The van der Waals surface area contributed by atoms with Crippen molar-refractivity contribution in [2.45, 2.75) is 13.8 Å². The van der Waals surface area contributed by atoms with Gasteiger partial charge >= 0.3 is 0 Å². The summed E-state index contributed by atoms with van der Waals surface area (Å²) in [6, 6.07) is 18.2. The number of anilines is 2. The van der Waals surface area contributed by atoms with E-state index in [1.54, 1.807) is 0 Å². The highest BCUT2D eigenvalue weighted by molar-refractivity contribution is 6.34. The lowest BCUT2D eigenvalue weighted by atomic mass is 10.1. The first-order valence-corrected chi connectivity index (χ1v) is 8.58. The fourth-order valence-electron chi connectivity index (χ4n) is 2.97. The molecule has 25 heavy (non-hydrogen) atoms. The number of likely N-dealkylation sites (N-methyl/N-ethyl adjacent to an activating group) is 1. The number of nitrogens with one attached hydrogen (secondary N) is 1. The monoisotopic (exact) mass is 352 g/mol. The van der Waals surface area contributed by atoms with Gasteiger partial charge in [0.25, 0.3) is 0 Å². The lowest BCUT2D eigenvalue weighted by Crippen LogP contribution is -2.30. The van der Waals surface area contributed by atoms with Gasteiger partial charge in [-0.15, -0.1) is 0 Å². The van der Waals surface area contributed by atoms with E-state index in [4.69, 9.17) is 11.6 Å². The summed E-state index contributed by atoms with van der Waals surface area (Å²) >= 11 is 6.27. The maximum atomic E-state index is 12.4. The number of carbonyl (C=O) groups is 1. The largest absolute Gasteiger partial charge is 0.365 e. The quantitative estimate of drug-likeness (QED) is 0.701. The number of benzene rings is 3. The maximum absolute atomic E-state index is 12.4. The van der Waals surface area contributed by atoms with Crippen LogP contribution in [0.4, 0.5) is 11.4 Å². The molecular formula is C21H21ClN2O.